The standard InChI is InChI=1S/C20H22ClNO3S/c1-3-25-20(24)16-14-10-9-12(2)11-15(14)26-19(16)22-18(23)17(21)13-7-5-4-6-8-13/h4-8,12,17H,3,9-11H2,1-2H3,(H,22,23). The van der Waals surface area contributed by atoms with Gasteiger partial charge in [0.1, 0.15) is 10.4 Å². The third-order valence-electron chi connectivity index (χ3n) is 4.55. The van der Waals surface area contributed by atoms with Gasteiger partial charge in [0.2, 0.25) is 5.91 Å². The molecule has 0 bridgehead atoms. The predicted molar refractivity (Wildman–Crippen MR) is 105 cm³/mol. The van der Waals surface area contributed by atoms with Gasteiger partial charge in [0.05, 0.1) is 12.2 Å². The Morgan fingerprint density at radius 2 is 2.08 bits per heavy atom. The number of hydrogen-bond acceptors (Lipinski definition) is 4. The third kappa shape index (κ3) is 3.94. The number of ether oxygens (including phenoxy) is 1. The number of anilines is 1. The summed E-state index contributed by atoms with van der Waals surface area (Å²) in [6.07, 6.45) is 2.79. The van der Waals surface area contributed by atoms with Crippen molar-refractivity contribution in [2.45, 2.75) is 38.5 Å². The van der Waals surface area contributed by atoms with Crippen LogP contribution in [0.2, 0.25) is 0 Å². The molecule has 0 saturated carbocycles. The number of alkyl halides is 1. The van der Waals surface area contributed by atoms with Crippen LogP contribution in [-0.2, 0) is 22.4 Å². The normalized spacial score (nSPS) is 17.3. The van der Waals surface area contributed by atoms with E-state index in [2.05, 4.69) is 12.2 Å². The largest absolute Gasteiger partial charge is 0.462 e. The number of esters is 1. The van der Waals surface area contributed by atoms with E-state index < -0.39 is 5.38 Å². The zero-order chi connectivity index (χ0) is 18.7. The Morgan fingerprint density at radius 3 is 2.77 bits per heavy atom. The molecule has 4 nitrogen and oxygen atoms in total. The topological polar surface area (TPSA) is 55.4 Å². The molecule has 2 unspecified atom stereocenters. The highest BCUT2D eigenvalue weighted by atomic mass is 35.5. The molecule has 1 amide bonds. The van der Waals surface area contributed by atoms with E-state index >= 15 is 0 Å². The van der Waals surface area contributed by atoms with Gasteiger partial charge < -0.3 is 10.1 Å². The lowest BCUT2D eigenvalue weighted by molar-refractivity contribution is -0.115. The molecule has 0 spiro atoms. The van der Waals surface area contributed by atoms with Gasteiger partial charge in [-0.05, 0) is 43.2 Å². The van der Waals surface area contributed by atoms with Crippen molar-refractivity contribution in [2.75, 3.05) is 11.9 Å². The van der Waals surface area contributed by atoms with Gasteiger partial charge in [-0.1, -0.05) is 37.3 Å². The first-order chi connectivity index (χ1) is 12.5. The van der Waals surface area contributed by atoms with E-state index in [4.69, 9.17) is 16.3 Å². The molecule has 2 atom stereocenters. The van der Waals surface area contributed by atoms with Crippen LogP contribution in [0.1, 0.15) is 52.0 Å². The van der Waals surface area contributed by atoms with Gasteiger partial charge in [0.15, 0.2) is 0 Å². The summed E-state index contributed by atoms with van der Waals surface area (Å²) in [6, 6.07) is 9.17. The lowest BCUT2D eigenvalue weighted by Crippen LogP contribution is -2.19. The molecule has 26 heavy (non-hydrogen) atoms. The number of hydrogen-bond donors (Lipinski definition) is 1. The second-order valence-electron chi connectivity index (χ2n) is 6.54. The summed E-state index contributed by atoms with van der Waals surface area (Å²) in [5, 5.41) is 2.60. The second kappa shape index (κ2) is 8.23. The minimum atomic E-state index is -0.815. The number of thiophene rings is 1. The molecule has 1 aromatic carbocycles. The predicted octanol–water partition coefficient (Wildman–Crippen LogP) is 4.97. The molecule has 1 aromatic heterocycles. The van der Waals surface area contributed by atoms with Crippen molar-refractivity contribution in [3.8, 4) is 0 Å². The number of carbonyl (C=O) groups is 2. The average Bonchev–Trinajstić information content (AvgIpc) is 2.98. The third-order valence-corrected chi connectivity index (χ3v) is 6.17. The summed E-state index contributed by atoms with van der Waals surface area (Å²) >= 11 is 7.80. The highest BCUT2D eigenvalue weighted by molar-refractivity contribution is 7.17. The zero-order valence-corrected chi connectivity index (χ0v) is 16.5. The van der Waals surface area contributed by atoms with Crippen molar-refractivity contribution in [3.05, 3.63) is 51.9 Å². The molecular formula is C20H22ClNO3S. The summed E-state index contributed by atoms with van der Waals surface area (Å²) in [4.78, 5) is 26.3. The SMILES string of the molecule is CCOC(=O)c1c(NC(=O)C(Cl)c2ccccc2)sc2c1CCC(C)C2. The highest BCUT2D eigenvalue weighted by Gasteiger charge is 2.30. The maximum Gasteiger partial charge on any atom is 0.341 e. The number of fused-ring (bicyclic) bond motifs is 1. The summed E-state index contributed by atoms with van der Waals surface area (Å²) in [5.41, 5.74) is 2.25. The van der Waals surface area contributed by atoms with E-state index in [1.165, 1.54) is 11.3 Å². The van der Waals surface area contributed by atoms with E-state index in [1.807, 2.05) is 30.3 Å². The zero-order valence-electron chi connectivity index (χ0n) is 14.9. The molecule has 0 aliphatic heterocycles. The molecule has 0 radical (unpaired) electrons. The van der Waals surface area contributed by atoms with E-state index in [1.54, 1.807) is 6.92 Å². The number of halogens is 1. The molecule has 0 saturated heterocycles. The fraction of sp³-hybridized carbons (Fsp3) is 0.400. The molecule has 0 fully saturated rings. The monoisotopic (exact) mass is 391 g/mol. The van der Waals surface area contributed by atoms with Crippen molar-refractivity contribution in [1.82, 2.24) is 0 Å². The van der Waals surface area contributed by atoms with Crippen LogP contribution in [0.3, 0.4) is 0 Å². The molecule has 6 heteroatoms. The van der Waals surface area contributed by atoms with Crippen LogP contribution in [0, 0.1) is 5.92 Å². The van der Waals surface area contributed by atoms with Crippen LogP contribution in [-0.4, -0.2) is 18.5 Å². The fourth-order valence-corrected chi connectivity index (χ4v) is 4.81. The Bertz CT molecular complexity index is 803. The number of rotatable bonds is 5. The summed E-state index contributed by atoms with van der Waals surface area (Å²) in [6.45, 7) is 4.28. The van der Waals surface area contributed by atoms with E-state index in [0.717, 1.165) is 35.3 Å². The van der Waals surface area contributed by atoms with Crippen LogP contribution < -0.4 is 5.32 Å². The van der Waals surface area contributed by atoms with Crippen LogP contribution in [0.15, 0.2) is 30.3 Å². The van der Waals surface area contributed by atoms with Crippen molar-refractivity contribution in [1.29, 1.82) is 0 Å². The minimum Gasteiger partial charge on any atom is -0.462 e. The van der Waals surface area contributed by atoms with Crippen molar-refractivity contribution in [3.63, 3.8) is 0 Å². The first-order valence-corrected chi connectivity index (χ1v) is 10.1. The van der Waals surface area contributed by atoms with Crippen LogP contribution in [0.5, 0.6) is 0 Å². The summed E-state index contributed by atoms with van der Waals surface area (Å²) in [5.74, 6) is -0.138. The Morgan fingerprint density at radius 1 is 1.35 bits per heavy atom. The van der Waals surface area contributed by atoms with Gasteiger partial charge >= 0.3 is 5.97 Å². The van der Waals surface area contributed by atoms with E-state index in [-0.39, 0.29) is 11.9 Å². The lowest BCUT2D eigenvalue weighted by atomic mass is 9.88. The van der Waals surface area contributed by atoms with Crippen molar-refractivity contribution >= 4 is 39.8 Å². The average molecular weight is 392 g/mol. The van der Waals surface area contributed by atoms with Gasteiger partial charge in [-0.15, -0.1) is 22.9 Å². The van der Waals surface area contributed by atoms with Gasteiger partial charge in [-0.3, -0.25) is 4.79 Å². The van der Waals surface area contributed by atoms with Gasteiger partial charge in [0, 0.05) is 4.88 Å². The quantitative estimate of drug-likeness (QED) is 0.578. The molecule has 138 valence electrons. The lowest BCUT2D eigenvalue weighted by Gasteiger charge is -2.18. The van der Waals surface area contributed by atoms with Crippen LogP contribution in [0.4, 0.5) is 5.00 Å². The number of benzene rings is 1. The smallest absolute Gasteiger partial charge is 0.341 e. The molecule has 1 N–H and O–H groups in total. The van der Waals surface area contributed by atoms with E-state index in [0.29, 0.717) is 23.1 Å². The molecule has 1 aliphatic carbocycles. The van der Waals surface area contributed by atoms with Gasteiger partial charge in [-0.25, -0.2) is 4.79 Å². The van der Waals surface area contributed by atoms with Crippen LogP contribution >= 0.6 is 22.9 Å². The first-order valence-electron chi connectivity index (χ1n) is 8.82. The molecule has 2 aromatic rings. The van der Waals surface area contributed by atoms with Gasteiger partial charge in [0.25, 0.3) is 0 Å². The Kier molecular flexibility index (Phi) is 5.99. The molecular weight excluding hydrogens is 370 g/mol. The van der Waals surface area contributed by atoms with Crippen LogP contribution in [0.25, 0.3) is 0 Å². The van der Waals surface area contributed by atoms with Gasteiger partial charge in [-0.2, -0.15) is 0 Å². The number of nitrogens with one attached hydrogen (secondary N) is 1. The Hall–Kier alpha value is -1.85. The summed E-state index contributed by atoms with van der Waals surface area (Å²) in [7, 11) is 0. The Balaban J connectivity index is 1.89. The molecule has 1 aliphatic rings. The maximum atomic E-state index is 12.6. The number of carbonyl (C=O) groups excluding carboxylic acids is 2. The molecule has 1 heterocycles. The molecule has 3 rings (SSSR count). The van der Waals surface area contributed by atoms with E-state index in [9.17, 15) is 9.59 Å². The first kappa shape index (κ1) is 18.9. The highest BCUT2D eigenvalue weighted by Crippen LogP contribution is 2.40. The number of amides is 1. The maximum absolute atomic E-state index is 12.6. The second-order valence-corrected chi connectivity index (χ2v) is 8.08. The van der Waals surface area contributed by atoms with Crippen molar-refractivity contribution < 1.29 is 14.3 Å². The Labute approximate surface area is 162 Å². The fourth-order valence-electron chi connectivity index (χ4n) is 3.21. The van der Waals surface area contributed by atoms with Crippen molar-refractivity contribution in [2.24, 2.45) is 5.92 Å². The minimum absolute atomic E-state index is 0.301. The summed E-state index contributed by atoms with van der Waals surface area (Å²) < 4.78 is 5.23.